The van der Waals surface area contributed by atoms with Crippen LogP contribution in [0, 0.1) is 12.3 Å². The molecule has 0 aliphatic rings. The highest BCUT2D eigenvalue weighted by Gasteiger charge is 2.14. The van der Waals surface area contributed by atoms with Gasteiger partial charge in [0.05, 0.1) is 29.9 Å². The minimum absolute atomic E-state index is 0.0370. The van der Waals surface area contributed by atoms with E-state index in [1.54, 1.807) is 17.1 Å². The van der Waals surface area contributed by atoms with Gasteiger partial charge in [-0.1, -0.05) is 36.3 Å². The van der Waals surface area contributed by atoms with E-state index in [1.165, 1.54) is 24.3 Å². The van der Waals surface area contributed by atoms with Crippen molar-refractivity contribution in [2.75, 3.05) is 11.9 Å². The Morgan fingerprint density at radius 2 is 1.82 bits per heavy atom. The molecule has 0 atom stereocenters. The van der Waals surface area contributed by atoms with Crippen LogP contribution in [0.4, 0.5) is 5.69 Å². The molecule has 0 spiro atoms. The van der Waals surface area contributed by atoms with E-state index in [-0.39, 0.29) is 17.3 Å². The first kappa shape index (κ1) is 19.4. The molecule has 0 radical (unpaired) electrons. The second kappa shape index (κ2) is 8.52. The predicted molar refractivity (Wildman–Crippen MR) is 106 cm³/mol. The number of anilines is 1. The molecule has 0 aliphatic heterocycles. The van der Waals surface area contributed by atoms with Gasteiger partial charge in [-0.15, -0.1) is 6.42 Å². The van der Waals surface area contributed by atoms with Crippen molar-refractivity contribution in [3.63, 3.8) is 0 Å². The molecule has 1 aromatic heterocycles. The van der Waals surface area contributed by atoms with Crippen molar-refractivity contribution >= 4 is 21.6 Å². The van der Waals surface area contributed by atoms with Gasteiger partial charge in [-0.2, -0.15) is 9.82 Å². The van der Waals surface area contributed by atoms with Crippen LogP contribution in [0.2, 0.25) is 0 Å². The smallest absolute Gasteiger partial charge is 0.255 e. The second-order valence-electron chi connectivity index (χ2n) is 5.92. The molecule has 0 saturated carbocycles. The number of amides is 1. The number of carbonyl (C=O) groups is 1. The molecule has 0 aliphatic carbocycles. The van der Waals surface area contributed by atoms with Gasteiger partial charge in [0.25, 0.3) is 5.91 Å². The third kappa shape index (κ3) is 4.85. The number of hydrogen-bond acceptors (Lipinski definition) is 4. The number of aromatic nitrogens is 2. The lowest BCUT2D eigenvalue weighted by Crippen LogP contribution is -2.24. The number of hydrogen-bond donors (Lipinski definition) is 2. The van der Waals surface area contributed by atoms with Crippen LogP contribution in [0.25, 0.3) is 0 Å². The van der Waals surface area contributed by atoms with Gasteiger partial charge in [0, 0.05) is 11.8 Å². The van der Waals surface area contributed by atoms with Gasteiger partial charge < -0.3 is 5.32 Å². The molecule has 3 rings (SSSR count). The quantitative estimate of drug-likeness (QED) is 0.600. The van der Waals surface area contributed by atoms with Crippen LogP contribution in [0.5, 0.6) is 0 Å². The Balaban J connectivity index is 1.64. The molecule has 2 N–H and O–H groups in total. The first-order valence-electron chi connectivity index (χ1n) is 8.39. The van der Waals surface area contributed by atoms with Crippen molar-refractivity contribution < 1.29 is 13.2 Å². The van der Waals surface area contributed by atoms with E-state index < -0.39 is 10.0 Å². The van der Waals surface area contributed by atoms with Crippen LogP contribution >= 0.6 is 0 Å². The molecule has 0 bridgehead atoms. The van der Waals surface area contributed by atoms with E-state index in [1.807, 2.05) is 30.3 Å². The molecule has 3 aromatic rings. The summed E-state index contributed by atoms with van der Waals surface area (Å²) in [5, 5.41) is 6.97. The summed E-state index contributed by atoms with van der Waals surface area (Å²) in [6.45, 7) is 0.492. The summed E-state index contributed by atoms with van der Waals surface area (Å²) in [7, 11) is -3.69. The lowest BCUT2D eigenvalue weighted by Gasteiger charge is -2.06. The van der Waals surface area contributed by atoms with Crippen LogP contribution in [0.15, 0.2) is 71.9 Å². The van der Waals surface area contributed by atoms with E-state index in [2.05, 4.69) is 21.1 Å². The third-order valence-electron chi connectivity index (χ3n) is 3.87. The third-order valence-corrected chi connectivity index (χ3v) is 5.29. The maximum Gasteiger partial charge on any atom is 0.255 e. The molecule has 1 heterocycles. The van der Waals surface area contributed by atoms with Gasteiger partial charge >= 0.3 is 0 Å². The minimum atomic E-state index is -3.69. The molecule has 0 saturated heterocycles. The highest BCUT2D eigenvalue weighted by atomic mass is 32.2. The van der Waals surface area contributed by atoms with Crippen LogP contribution in [-0.2, 0) is 16.6 Å². The zero-order valence-electron chi connectivity index (χ0n) is 14.9. The maximum atomic E-state index is 12.4. The first-order chi connectivity index (χ1) is 13.5. The summed E-state index contributed by atoms with van der Waals surface area (Å²) in [5.41, 5.74) is 1.97. The molecule has 142 valence electrons. The number of carbonyl (C=O) groups excluding carboxylic acids is 1. The Morgan fingerprint density at radius 1 is 1.11 bits per heavy atom. The number of nitrogens with zero attached hydrogens (tertiary/aromatic N) is 2. The fourth-order valence-electron chi connectivity index (χ4n) is 2.49. The molecular weight excluding hydrogens is 376 g/mol. The van der Waals surface area contributed by atoms with Crippen molar-refractivity contribution in [3.8, 4) is 12.3 Å². The lowest BCUT2D eigenvalue weighted by molar-refractivity contribution is 0.102. The number of rotatable bonds is 7. The van der Waals surface area contributed by atoms with E-state index >= 15 is 0 Å². The molecule has 28 heavy (non-hydrogen) atoms. The lowest BCUT2D eigenvalue weighted by atomic mass is 10.2. The minimum Gasteiger partial charge on any atom is -0.319 e. The summed E-state index contributed by atoms with van der Waals surface area (Å²) in [6.07, 6.45) is 8.35. The van der Waals surface area contributed by atoms with Crippen molar-refractivity contribution in [1.29, 1.82) is 0 Å². The fraction of sp³-hybridized carbons (Fsp3) is 0.100. The summed E-state index contributed by atoms with van der Waals surface area (Å²) in [6, 6.07) is 15.4. The van der Waals surface area contributed by atoms with Crippen molar-refractivity contribution in [2.24, 2.45) is 0 Å². The van der Waals surface area contributed by atoms with Gasteiger partial charge in [-0.05, 0) is 29.8 Å². The van der Waals surface area contributed by atoms with Crippen molar-refractivity contribution in [3.05, 3.63) is 78.1 Å². The molecule has 0 unspecified atom stereocenters. The summed E-state index contributed by atoms with van der Waals surface area (Å²) >= 11 is 0. The zero-order valence-corrected chi connectivity index (χ0v) is 15.7. The van der Waals surface area contributed by atoms with Gasteiger partial charge in [0.2, 0.25) is 10.0 Å². The fourth-order valence-corrected chi connectivity index (χ4v) is 3.43. The molecular formula is C20H18N4O3S. The average Bonchev–Trinajstić information content (AvgIpc) is 3.14. The van der Waals surface area contributed by atoms with Gasteiger partial charge in [-0.3, -0.25) is 9.48 Å². The van der Waals surface area contributed by atoms with Crippen molar-refractivity contribution in [2.45, 2.75) is 11.4 Å². The highest BCUT2D eigenvalue weighted by Crippen LogP contribution is 2.13. The highest BCUT2D eigenvalue weighted by molar-refractivity contribution is 7.89. The Bertz CT molecular complexity index is 1100. The standard InChI is InChI=1S/C20H18N4O3S/c1-2-12-22-28(26,27)19-10-8-17(9-11-19)20(25)23-18-13-21-24(15-18)14-16-6-4-3-5-7-16/h1,3-11,13,15,22H,12,14H2,(H,23,25). The van der Waals surface area contributed by atoms with Crippen LogP contribution < -0.4 is 10.0 Å². The van der Waals surface area contributed by atoms with Gasteiger partial charge in [0.15, 0.2) is 0 Å². The Morgan fingerprint density at radius 3 is 2.50 bits per heavy atom. The number of terminal acetylenes is 1. The summed E-state index contributed by atoms with van der Waals surface area (Å²) in [5.74, 6) is 1.84. The van der Waals surface area contributed by atoms with Crippen LogP contribution in [0.1, 0.15) is 15.9 Å². The van der Waals surface area contributed by atoms with E-state index in [4.69, 9.17) is 6.42 Å². The average molecular weight is 394 g/mol. The molecule has 7 nitrogen and oxygen atoms in total. The Kier molecular flexibility index (Phi) is 5.89. The molecule has 1 amide bonds. The maximum absolute atomic E-state index is 12.4. The number of benzene rings is 2. The van der Waals surface area contributed by atoms with Crippen LogP contribution in [0.3, 0.4) is 0 Å². The predicted octanol–water partition coefficient (Wildman–Crippen LogP) is 2.10. The largest absolute Gasteiger partial charge is 0.319 e. The Labute approximate surface area is 163 Å². The van der Waals surface area contributed by atoms with E-state index in [0.29, 0.717) is 17.8 Å². The molecule has 2 aromatic carbocycles. The second-order valence-corrected chi connectivity index (χ2v) is 7.69. The SMILES string of the molecule is C#CCNS(=O)(=O)c1ccc(C(=O)Nc2cnn(Cc3ccccc3)c2)cc1. The van der Waals surface area contributed by atoms with E-state index in [9.17, 15) is 13.2 Å². The summed E-state index contributed by atoms with van der Waals surface area (Å²) < 4.78 is 28.0. The zero-order chi connectivity index (χ0) is 20.0. The van der Waals surface area contributed by atoms with Gasteiger partial charge in [-0.25, -0.2) is 8.42 Å². The first-order valence-corrected chi connectivity index (χ1v) is 9.87. The normalized spacial score (nSPS) is 11.0. The summed E-state index contributed by atoms with van der Waals surface area (Å²) in [4.78, 5) is 12.4. The Hall–Kier alpha value is -3.41. The number of sulfonamides is 1. The number of nitrogens with one attached hydrogen (secondary N) is 2. The topological polar surface area (TPSA) is 93.1 Å². The molecule has 0 fully saturated rings. The monoisotopic (exact) mass is 394 g/mol. The van der Waals surface area contributed by atoms with Crippen LogP contribution in [-0.4, -0.2) is 30.7 Å². The van der Waals surface area contributed by atoms with Gasteiger partial charge in [0.1, 0.15) is 0 Å². The van der Waals surface area contributed by atoms with E-state index in [0.717, 1.165) is 5.56 Å². The van der Waals surface area contributed by atoms with Crippen molar-refractivity contribution in [1.82, 2.24) is 14.5 Å². The molecule has 8 heteroatoms.